The van der Waals surface area contributed by atoms with Crippen LogP contribution >= 0.6 is 11.3 Å². The molecule has 0 radical (unpaired) electrons. The van der Waals surface area contributed by atoms with Crippen molar-refractivity contribution in [2.45, 2.75) is 58.5 Å². The second kappa shape index (κ2) is 5.23. The van der Waals surface area contributed by atoms with Crippen LogP contribution in [0.4, 0.5) is 0 Å². The van der Waals surface area contributed by atoms with Crippen molar-refractivity contribution in [3.05, 3.63) is 10.0 Å². The predicted octanol–water partition coefficient (Wildman–Crippen LogP) is 3.08. The molecule has 2 rings (SSSR count). The predicted molar refractivity (Wildman–Crippen MR) is 67.6 cm³/mol. The number of aryl methyl sites for hydroxylation is 1. The molecule has 1 aromatic rings. The molecular formula is C12H21N3S. The zero-order valence-electron chi connectivity index (χ0n) is 10.4. The highest BCUT2D eigenvalue weighted by Gasteiger charge is 2.31. The molecule has 2 unspecified atom stereocenters. The Kier molecular flexibility index (Phi) is 3.92. The van der Waals surface area contributed by atoms with Gasteiger partial charge in [-0.3, -0.25) is 0 Å². The lowest BCUT2D eigenvalue weighted by Crippen LogP contribution is -2.33. The molecule has 90 valence electrons. The molecule has 4 heteroatoms. The van der Waals surface area contributed by atoms with Crippen LogP contribution in [0.2, 0.25) is 0 Å². The first-order chi connectivity index (χ1) is 7.70. The first-order valence-corrected chi connectivity index (χ1v) is 7.08. The van der Waals surface area contributed by atoms with Crippen molar-refractivity contribution >= 4 is 11.3 Å². The van der Waals surface area contributed by atoms with E-state index in [-0.39, 0.29) is 0 Å². The van der Waals surface area contributed by atoms with Gasteiger partial charge in [0.2, 0.25) is 0 Å². The highest BCUT2D eigenvalue weighted by molar-refractivity contribution is 7.11. The van der Waals surface area contributed by atoms with Crippen LogP contribution in [0.25, 0.3) is 0 Å². The van der Waals surface area contributed by atoms with Crippen molar-refractivity contribution < 1.29 is 0 Å². The molecule has 16 heavy (non-hydrogen) atoms. The number of hydrogen-bond acceptors (Lipinski definition) is 4. The minimum absolute atomic E-state index is 0.350. The molecule has 0 spiro atoms. The summed E-state index contributed by atoms with van der Waals surface area (Å²) in [7, 11) is 0. The highest BCUT2D eigenvalue weighted by atomic mass is 32.1. The molecule has 1 fully saturated rings. The van der Waals surface area contributed by atoms with E-state index < -0.39 is 0 Å². The van der Waals surface area contributed by atoms with Crippen molar-refractivity contribution in [1.29, 1.82) is 0 Å². The van der Waals surface area contributed by atoms with E-state index in [1.165, 1.54) is 25.7 Å². The third kappa shape index (κ3) is 3.01. The standard InChI is InChI=1S/C12H21N3S/c1-4-5-11(10-6-7-10)13-8(2)12-15-14-9(3)16-12/h8,10-11,13H,4-7H2,1-3H3. The zero-order valence-corrected chi connectivity index (χ0v) is 11.2. The van der Waals surface area contributed by atoms with E-state index >= 15 is 0 Å². The Morgan fingerprint density at radius 2 is 2.19 bits per heavy atom. The van der Waals surface area contributed by atoms with E-state index in [0.29, 0.717) is 12.1 Å². The van der Waals surface area contributed by atoms with Crippen LogP contribution in [0, 0.1) is 12.8 Å². The van der Waals surface area contributed by atoms with Gasteiger partial charge in [0.05, 0.1) is 6.04 Å². The molecule has 0 amide bonds. The fourth-order valence-electron chi connectivity index (χ4n) is 2.14. The number of aromatic nitrogens is 2. The Morgan fingerprint density at radius 1 is 1.44 bits per heavy atom. The molecule has 3 nitrogen and oxygen atoms in total. The minimum Gasteiger partial charge on any atom is -0.305 e. The Balaban J connectivity index is 1.91. The SMILES string of the molecule is CCCC(NC(C)c1nnc(C)s1)C1CC1. The van der Waals surface area contributed by atoms with E-state index in [1.54, 1.807) is 11.3 Å². The third-order valence-electron chi connectivity index (χ3n) is 3.17. The summed E-state index contributed by atoms with van der Waals surface area (Å²) in [5.74, 6) is 0.913. The lowest BCUT2D eigenvalue weighted by atomic mass is 10.1. The van der Waals surface area contributed by atoms with Gasteiger partial charge in [-0.1, -0.05) is 13.3 Å². The van der Waals surface area contributed by atoms with Gasteiger partial charge in [-0.05, 0) is 39.0 Å². The van der Waals surface area contributed by atoms with Crippen LogP contribution in [0.1, 0.15) is 55.6 Å². The molecule has 2 atom stereocenters. The van der Waals surface area contributed by atoms with Crippen LogP contribution in [0.15, 0.2) is 0 Å². The first kappa shape index (κ1) is 12.0. The van der Waals surface area contributed by atoms with E-state index in [4.69, 9.17) is 0 Å². The molecule has 1 aliphatic carbocycles. The van der Waals surface area contributed by atoms with Gasteiger partial charge in [0, 0.05) is 6.04 Å². The van der Waals surface area contributed by atoms with Crippen molar-refractivity contribution in [2.24, 2.45) is 5.92 Å². The van der Waals surface area contributed by atoms with Crippen LogP contribution in [-0.4, -0.2) is 16.2 Å². The summed E-state index contributed by atoms with van der Waals surface area (Å²) < 4.78 is 0. The average Bonchev–Trinajstić information content (AvgIpc) is 3.00. The summed E-state index contributed by atoms with van der Waals surface area (Å²) in [5.41, 5.74) is 0. The molecule has 0 aromatic carbocycles. The zero-order chi connectivity index (χ0) is 11.5. The number of rotatable bonds is 6. The van der Waals surface area contributed by atoms with Crippen molar-refractivity contribution in [3.8, 4) is 0 Å². The molecule has 1 aromatic heterocycles. The van der Waals surface area contributed by atoms with Gasteiger partial charge in [0.25, 0.3) is 0 Å². The maximum atomic E-state index is 4.21. The summed E-state index contributed by atoms with van der Waals surface area (Å²) in [6, 6.07) is 1.03. The van der Waals surface area contributed by atoms with Gasteiger partial charge in [0.15, 0.2) is 0 Å². The highest BCUT2D eigenvalue weighted by Crippen LogP contribution is 2.35. The lowest BCUT2D eigenvalue weighted by molar-refractivity contribution is 0.389. The maximum absolute atomic E-state index is 4.21. The molecular weight excluding hydrogens is 218 g/mol. The normalized spacial score (nSPS) is 19.7. The van der Waals surface area contributed by atoms with Gasteiger partial charge < -0.3 is 5.32 Å². The second-order valence-corrected chi connectivity index (χ2v) is 5.99. The molecule has 1 N–H and O–H groups in total. The Bertz CT molecular complexity index is 333. The topological polar surface area (TPSA) is 37.8 Å². The van der Waals surface area contributed by atoms with Crippen LogP contribution in [-0.2, 0) is 0 Å². The fraction of sp³-hybridized carbons (Fsp3) is 0.833. The maximum Gasteiger partial charge on any atom is 0.134 e. The summed E-state index contributed by atoms with van der Waals surface area (Å²) in [4.78, 5) is 0. The third-order valence-corrected chi connectivity index (χ3v) is 4.19. The molecule has 1 heterocycles. The summed E-state index contributed by atoms with van der Waals surface area (Å²) in [6.07, 6.45) is 5.35. The second-order valence-electron chi connectivity index (χ2n) is 4.78. The minimum atomic E-state index is 0.350. The Labute approximate surface area is 102 Å². The summed E-state index contributed by atoms with van der Waals surface area (Å²) >= 11 is 1.70. The monoisotopic (exact) mass is 239 g/mol. The molecule has 0 aliphatic heterocycles. The average molecular weight is 239 g/mol. The van der Waals surface area contributed by atoms with E-state index in [2.05, 4.69) is 29.4 Å². The van der Waals surface area contributed by atoms with Crippen molar-refractivity contribution in [2.75, 3.05) is 0 Å². The largest absolute Gasteiger partial charge is 0.305 e. The first-order valence-electron chi connectivity index (χ1n) is 6.26. The number of nitrogens with zero attached hydrogens (tertiary/aromatic N) is 2. The smallest absolute Gasteiger partial charge is 0.134 e. The van der Waals surface area contributed by atoms with Gasteiger partial charge >= 0.3 is 0 Å². The van der Waals surface area contributed by atoms with Crippen molar-refractivity contribution in [1.82, 2.24) is 15.5 Å². The number of hydrogen-bond donors (Lipinski definition) is 1. The van der Waals surface area contributed by atoms with E-state index in [0.717, 1.165) is 15.9 Å². The van der Waals surface area contributed by atoms with Gasteiger partial charge in [-0.25, -0.2) is 0 Å². The Morgan fingerprint density at radius 3 is 2.69 bits per heavy atom. The number of nitrogens with one attached hydrogen (secondary N) is 1. The lowest BCUT2D eigenvalue weighted by Gasteiger charge is -2.21. The van der Waals surface area contributed by atoms with Gasteiger partial charge in [-0.2, -0.15) is 0 Å². The summed E-state index contributed by atoms with van der Waals surface area (Å²) in [5, 5.41) is 14.2. The van der Waals surface area contributed by atoms with Crippen LogP contribution in [0.3, 0.4) is 0 Å². The quantitative estimate of drug-likeness (QED) is 0.829. The Hall–Kier alpha value is -0.480. The molecule has 0 bridgehead atoms. The van der Waals surface area contributed by atoms with Gasteiger partial charge in [0.1, 0.15) is 10.0 Å². The summed E-state index contributed by atoms with van der Waals surface area (Å²) in [6.45, 7) is 6.47. The molecule has 1 saturated carbocycles. The fourth-order valence-corrected chi connectivity index (χ4v) is 2.85. The van der Waals surface area contributed by atoms with Crippen LogP contribution < -0.4 is 5.32 Å². The van der Waals surface area contributed by atoms with Gasteiger partial charge in [-0.15, -0.1) is 21.5 Å². The van der Waals surface area contributed by atoms with E-state index in [9.17, 15) is 0 Å². The van der Waals surface area contributed by atoms with E-state index in [1.807, 2.05) is 6.92 Å². The molecule has 0 saturated heterocycles. The van der Waals surface area contributed by atoms with Crippen molar-refractivity contribution in [3.63, 3.8) is 0 Å². The van der Waals surface area contributed by atoms with Crippen LogP contribution in [0.5, 0.6) is 0 Å². The molecule has 1 aliphatic rings.